The second-order valence-corrected chi connectivity index (χ2v) is 12.1. The number of hydrogen-bond donors (Lipinski definition) is 2. The molecule has 10 heteroatoms. The summed E-state index contributed by atoms with van der Waals surface area (Å²) < 4.78 is 2.12. The van der Waals surface area contributed by atoms with Crippen molar-refractivity contribution in [1.29, 1.82) is 5.41 Å². The highest BCUT2D eigenvalue weighted by Crippen LogP contribution is 2.55. The van der Waals surface area contributed by atoms with Gasteiger partial charge in [-0.15, -0.1) is 0 Å². The number of aromatic nitrogens is 2. The van der Waals surface area contributed by atoms with Gasteiger partial charge in [0.05, 0.1) is 11.1 Å². The minimum absolute atomic E-state index is 0. The zero-order chi connectivity index (χ0) is 28.4. The van der Waals surface area contributed by atoms with Gasteiger partial charge in [-0.1, -0.05) is 25.6 Å². The predicted molar refractivity (Wildman–Crippen MR) is 162 cm³/mol. The number of nitrogen functional groups attached to an aromatic ring is 1. The maximum Gasteiger partial charge on any atom is 0.245 e. The fourth-order valence-corrected chi connectivity index (χ4v) is 7.23. The number of nitrogens with one attached hydrogen (secondary N) is 1. The monoisotopic (exact) mass is 567 g/mol. The van der Waals surface area contributed by atoms with Crippen LogP contribution in [0.25, 0.3) is 11.1 Å². The van der Waals surface area contributed by atoms with Crippen LogP contribution in [0.15, 0.2) is 18.7 Å². The van der Waals surface area contributed by atoms with E-state index in [0.717, 1.165) is 54.1 Å². The average Bonchev–Trinajstić information content (AvgIpc) is 3.14. The summed E-state index contributed by atoms with van der Waals surface area (Å²) in [6, 6.07) is 2.07. The molecule has 1 aromatic carbocycles. The Labute approximate surface area is 242 Å². The molecule has 1 aromatic heterocycles. The lowest BCUT2D eigenvalue weighted by Gasteiger charge is -2.58. The molecule has 2 aromatic rings. The molecule has 3 N–H and O–H groups in total. The Morgan fingerprint density at radius 3 is 2.27 bits per heavy atom. The van der Waals surface area contributed by atoms with E-state index in [-0.39, 0.29) is 42.8 Å². The number of hydrogen-bond acceptors (Lipinski definition) is 6. The molecule has 3 aliphatic rings. The third-order valence-electron chi connectivity index (χ3n) is 8.87. The van der Waals surface area contributed by atoms with Crippen LogP contribution in [-0.4, -0.2) is 75.9 Å². The molecule has 2 atom stereocenters. The summed E-state index contributed by atoms with van der Waals surface area (Å²) in [5, 5.41) is 14.0. The van der Waals surface area contributed by atoms with E-state index in [2.05, 4.69) is 36.9 Å². The van der Waals surface area contributed by atoms with Crippen molar-refractivity contribution in [2.45, 2.75) is 73.0 Å². The summed E-state index contributed by atoms with van der Waals surface area (Å²) in [5.41, 5.74) is 11.1. The van der Waals surface area contributed by atoms with Gasteiger partial charge in [0.1, 0.15) is 0 Å². The highest BCUT2D eigenvalue weighted by molar-refractivity contribution is 6.35. The number of likely N-dealkylation sites (tertiary alicyclic amines) is 1. The largest absolute Gasteiger partial charge is 0.398 e. The van der Waals surface area contributed by atoms with E-state index in [1.807, 2.05) is 22.8 Å². The molecule has 1 saturated carbocycles. The number of halogens is 1. The minimum Gasteiger partial charge on any atom is -0.398 e. The first-order chi connectivity index (χ1) is 18.4. The maximum atomic E-state index is 12.2. The van der Waals surface area contributed by atoms with Crippen LogP contribution in [-0.2, 0) is 9.59 Å². The van der Waals surface area contributed by atoms with E-state index in [9.17, 15) is 9.59 Å². The van der Waals surface area contributed by atoms with Gasteiger partial charge in [-0.2, -0.15) is 5.10 Å². The van der Waals surface area contributed by atoms with Gasteiger partial charge in [-0.05, 0) is 58.2 Å². The number of nitrogens with zero attached hydrogens (tertiary/aromatic N) is 5. The van der Waals surface area contributed by atoms with Crippen molar-refractivity contribution in [3.05, 3.63) is 40.6 Å². The Bertz CT molecular complexity index is 1360. The van der Waals surface area contributed by atoms with Crippen molar-refractivity contribution in [3.63, 3.8) is 0 Å². The zero-order valence-electron chi connectivity index (χ0n) is 23.4. The SMILES string of the molecule is C.C=CC(=O)N1CC2(CC(n3nc(N4C(C)CN(C(C)=O)CC4C)c(-c4c(Cl)c(C)cc(N)c4C=N)c3C)C2)C1. The van der Waals surface area contributed by atoms with Gasteiger partial charge in [0.2, 0.25) is 11.8 Å². The number of nitrogens with two attached hydrogens (primary N) is 1. The molecule has 1 aliphatic carbocycles. The summed E-state index contributed by atoms with van der Waals surface area (Å²) in [4.78, 5) is 30.2. The fraction of sp³-hybridized carbons (Fsp3) is 0.533. The topological polar surface area (TPSA) is 112 Å². The summed E-state index contributed by atoms with van der Waals surface area (Å²) in [7, 11) is 0. The van der Waals surface area contributed by atoms with Crippen LogP contribution >= 0.6 is 11.6 Å². The summed E-state index contributed by atoms with van der Waals surface area (Å²) in [6.07, 6.45) is 4.54. The van der Waals surface area contributed by atoms with Crippen LogP contribution < -0.4 is 10.6 Å². The molecule has 5 rings (SSSR count). The molecule has 40 heavy (non-hydrogen) atoms. The van der Waals surface area contributed by atoms with E-state index in [1.165, 1.54) is 12.3 Å². The first-order valence-corrected chi connectivity index (χ1v) is 13.9. The van der Waals surface area contributed by atoms with Crippen LogP contribution in [0.2, 0.25) is 5.02 Å². The van der Waals surface area contributed by atoms with Gasteiger partial charge < -0.3 is 25.8 Å². The highest BCUT2D eigenvalue weighted by atomic mass is 35.5. The summed E-state index contributed by atoms with van der Waals surface area (Å²) in [5.74, 6) is 0.867. The second kappa shape index (κ2) is 10.6. The third kappa shape index (κ3) is 4.58. The minimum atomic E-state index is -0.0116. The molecule has 0 radical (unpaired) electrons. The van der Waals surface area contributed by atoms with E-state index in [0.29, 0.717) is 29.4 Å². The molecule has 0 bridgehead atoms. The fourth-order valence-electron chi connectivity index (χ4n) is 6.98. The van der Waals surface area contributed by atoms with Crippen molar-refractivity contribution in [1.82, 2.24) is 19.6 Å². The predicted octanol–water partition coefficient (Wildman–Crippen LogP) is 4.83. The van der Waals surface area contributed by atoms with Crippen LogP contribution in [0.4, 0.5) is 11.5 Å². The van der Waals surface area contributed by atoms with Crippen molar-refractivity contribution < 1.29 is 9.59 Å². The van der Waals surface area contributed by atoms with E-state index in [4.69, 9.17) is 27.8 Å². The van der Waals surface area contributed by atoms with Crippen LogP contribution in [0.3, 0.4) is 0 Å². The quantitative estimate of drug-likeness (QED) is 0.305. The average molecular weight is 568 g/mol. The van der Waals surface area contributed by atoms with Crippen molar-refractivity contribution >= 4 is 41.1 Å². The molecule has 2 unspecified atom stereocenters. The van der Waals surface area contributed by atoms with Gasteiger partial charge in [0, 0.05) is 84.9 Å². The normalized spacial score (nSPS) is 21.9. The van der Waals surface area contributed by atoms with Crippen LogP contribution in [0.1, 0.15) is 63.9 Å². The lowest BCUT2D eigenvalue weighted by Crippen LogP contribution is -2.63. The number of carbonyl (C=O) groups is 2. The van der Waals surface area contributed by atoms with Crippen LogP contribution in [0.5, 0.6) is 0 Å². The Morgan fingerprint density at radius 1 is 1.15 bits per heavy atom. The van der Waals surface area contributed by atoms with E-state index < -0.39 is 0 Å². The maximum absolute atomic E-state index is 12.2. The summed E-state index contributed by atoms with van der Waals surface area (Å²) >= 11 is 6.96. The van der Waals surface area contributed by atoms with Crippen molar-refractivity contribution in [2.75, 3.05) is 36.8 Å². The number of rotatable bonds is 5. The first kappa shape index (κ1) is 29.6. The van der Waals surface area contributed by atoms with Gasteiger partial charge >= 0.3 is 0 Å². The Kier molecular flexibility index (Phi) is 7.84. The van der Waals surface area contributed by atoms with Gasteiger partial charge in [0.15, 0.2) is 5.82 Å². The third-order valence-corrected chi connectivity index (χ3v) is 9.36. The molecule has 2 saturated heterocycles. The Balaban J connectivity index is 0.00000370. The van der Waals surface area contributed by atoms with Crippen molar-refractivity contribution in [2.24, 2.45) is 5.41 Å². The first-order valence-electron chi connectivity index (χ1n) is 13.5. The highest BCUT2D eigenvalue weighted by Gasteiger charge is 2.54. The number of piperazine rings is 1. The van der Waals surface area contributed by atoms with E-state index >= 15 is 0 Å². The molecule has 2 amide bonds. The molecular formula is C30H42ClN7O2. The van der Waals surface area contributed by atoms with Gasteiger partial charge in [-0.3, -0.25) is 14.3 Å². The smallest absolute Gasteiger partial charge is 0.245 e. The standard InChI is InChI=1S/C29H38ClN7O2.CH4/c1-7-24(39)35-14-29(15-35)9-21(10-29)37-19(5)25(26-22(11-31)23(32)8-16(2)27(26)30)28(33-37)36-17(3)12-34(20(6)38)13-18(36)4;/h7-8,11,17-18,21,31H,1,9-10,12-15,32H2,2-6H3;1H4. The molecule has 1 spiro atoms. The molecule has 3 fully saturated rings. The number of aryl methyl sites for hydroxylation is 1. The molecule has 216 valence electrons. The van der Waals surface area contributed by atoms with Crippen LogP contribution in [0, 0.1) is 24.7 Å². The zero-order valence-corrected chi connectivity index (χ0v) is 24.2. The van der Waals surface area contributed by atoms with Gasteiger partial charge in [-0.25, -0.2) is 0 Å². The molecule has 9 nitrogen and oxygen atoms in total. The second-order valence-electron chi connectivity index (χ2n) is 11.7. The lowest BCUT2D eigenvalue weighted by atomic mass is 9.60. The molecule has 3 heterocycles. The Hall–Kier alpha value is -3.33. The summed E-state index contributed by atoms with van der Waals surface area (Å²) in [6.45, 7) is 16.2. The number of amides is 2. The number of anilines is 2. The number of carbonyl (C=O) groups excluding carboxylic acids is 2. The van der Waals surface area contributed by atoms with E-state index in [1.54, 1.807) is 6.92 Å². The molecule has 2 aliphatic heterocycles. The molecular weight excluding hydrogens is 526 g/mol. The number of benzene rings is 1. The Morgan fingerprint density at radius 2 is 1.75 bits per heavy atom. The van der Waals surface area contributed by atoms with Gasteiger partial charge in [0.25, 0.3) is 0 Å². The lowest BCUT2D eigenvalue weighted by molar-refractivity contribution is -0.149. The van der Waals surface area contributed by atoms with Crippen molar-refractivity contribution in [3.8, 4) is 11.1 Å².